The van der Waals surface area contributed by atoms with Gasteiger partial charge in [0.1, 0.15) is 12.7 Å². The number of esters is 1. The quantitative estimate of drug-likeness (QED) is 0.607. The molecule has 1 atom stereocenters. The second-order valence-electron chi connectivity index (χ2n) is 7.29. The standard InChI is InChI=1S/C22H21N5O3/c1-13-5-21(25-9-16(13)6-23)27-11-15(8-26-27)7-24-10-20(28)17-3-4-18-19(14(17)2)12-30-22(18)29/h3-5,8-9,11,20,24,28H,7,10,12H2,1-2H3/t20-/m0/s1. The maximum Gasteiger partial charge on any atom is 0.338 e. The summed E-state index contributed by atoms with van der Waals surface area (Å²) in [6, 6.07) is 7.42. The van der Waals surface area contributed by atoms with E-state index in [0.717, 1.165) is 27.8 Å². The molecule has 30 heavy (non-hydrogen) atoms. The monoisotopic (exact) mass is 403 g/mol. The van der Waals surface area contributed by atoms with Crippen LogP contribution < -0.4 is 5.32 Å². The Morgan fingerprint density at radius 2 is 2.20 bits per heavy atom. The van der Waals surface area contributed by atoms with Crippen LogP contribution in [0.4, 0.5) is 0 Å². The Morgan fingerprint density at radius 1 is 1.37 bits per heavy atom. The van der Waals surface area contributed by atoms with E-state index in [0.29, 0.717) is 30.0 Å². The summed E-state index contributed by atoms with van der Waals surface area (Å²) in [4.78, 5) is 15.9. The zero-order valence-corrected chi connectivity index (χ0v) is 16.7. The molecule has 0 fully saturated rings. The van der Waals surface area contributed by atoms with E-state index in [2.05, 4.69) is 21.5 Å². The van der Waals surface area contributed by atoms with E-state index in [4.69, 9.17) is 10.00 Å². The number of carbonyl (C=O) groups excluding carboxylic acids is 1. The highest BCUT2D eigenvalue weighted by atomic mass is 16.5. The van der Waals surface area contributed by atoms with E-state index in [1.807, 2.05) is 26.1 Å². The first-order valence-electron chi connectivity index (χ1n) is 9.57. The van der Waals surface area contributed by atoms with Crippen LogP contribution in [0.1, 0.15) is 49.8 Å². The van der Waals surface area contributed by atoms with Crippen molar-refractivity contribution in [2.45, 2.75) is 33.1 Å². The van der Waals surface area contributed by atoms with Gasteiger partial charge in [0.2, 0.25) is 0 Å². The van der Waals surface area contributed by atoms with Gasteiger partial charge in [-0.25, -0.2) is 14.5 Å². The van der Waals surface area contributed by atoms with Crippen LogP contribution in [0.25, 0.3) is 5.82 Å². The van der Waals surface area contributed by atoms with Crippen molar-refractivity contribution in [1.29, 1.82) is 5.26 Å². The smallest absolute Gasteiger partial charge is 0.338 e. The lowest BCUT2D eigenvalue weighted by Crippen LogP contribution is -2.21. The van der Waals surface area contributed by atoms with E-state index >= 15 is 0 Å². The number of aliphatic hydroxyl groups is 1. The summed E-state index contributed by atoms with van der Waals surface area (Å²) in [5.41, 5.74) is 5.43. The Hall–Kier alpha value is -3.54. The third-order valence-corrected chi connectivity index (χ3v) is 5.32. The molecule has 1 aromatic carbocycles. The predicted octanol–water partition coefficient (Wildman–Crippen LogP) is 2.25. The van der Waals surface area contributed by atoms with Crippen molar-refractivity contribution in [1.82, 2.24) is 20.1 Å². The van der Waals surface area contributed by atoms with Gasteiger partial charge in [-0.05, 0) is 42.7 Å². The normalized spacial score (nSPS) is 13.6. The Kier molecular flexibility index (Phi) is 5.31. The van der Waals surface area contributed by atoms with Crippen molar-refractivity contribution in [2.75, 3.05) is 6.54 Å². The average Bonchev–Trinajstić information content (AvgIpc) is 3.36. The van der Waals surface area contributed by atoms with Crippen molar-refractivity contribution in [3.05, 3.63) is 75.7 Å². The topological polar surface area (TPSA) is 113 Å². The summed E-state index contributed by atoms with van der Waals surface area (Å²) in [6.45, 7) is 4.90. The van der Waals surface area contributed by atoms with Crippen LogP contribution in [0, 0.1) is 25.2 Å². The first kappa shape index (κ1) is 19.8. The Labute approximate surface area is 173 Å². The molecule has 0 spiro atoms. The Bertz CT molecular complexity index is 1160. The molecule has 8 heteroatoms. The number of carbonyl (C=O) groups is 1. The summed E-state index contributed by atoms with van der Waals surface area (Å²) >= 11 is 0. The van der Waals surface area contributed by atoms with Gasteiger partial charge in [-0.2, -0.15) is 10.4 Å². The number of hydrogen-bond acceptors (Lipinski definition) is 7. The van der Waals surface area contributed by atoms with Crippen molar-refractivity contribution in [3.63, 3.8) is 0 Å². The predicted molar refractivity (Wildman–Crippen MR) is 108 cm³/mol. The fourth-order valence-electron chi connectivity index (χ4n) is 3.55. The molecule has 1 aliphatic heterocycles. The lowest BCUT2D eigenvalue weighted by Gasteiger charge is -2.16. The van der Waals surface area contributed by atoms with E-state index < -0.39 is 6.10 Å². The van der Waals surface area contributed by atoms with Gasteiger partial charge in [0.25, 0.3) is 0 Å². The summed E-state index contributed by atoms with van der Waals surface area (Å²) in [5, 5.41) is 27.2. The lowest BCUT2D eigenvalue weighted by molar-refractivity contribution is 0.0535. The van der Waals surface area contributed by atoms with Crippen molar-refractivity contribution in [3.8, 4) is 11.9 Å². The molecule has 2 aromatic heterocycles. The van der Waals surface area contributed by atoms with E-state index in [-0.39, 0.29) is 12.6 Å². The molecule has 0 amide bonds. The molecular formula is C22H21N5O3. The number of aromatic nitrogens is 3. The highest BCUT2D eigenvalue weighted by Gasteiger charge is 2.25. The van der Waals surface area contributed by atoms with Gasteiger partial charge in [0.15, 0.2) is 5.82 Å². The number of aryl methyl sites for hydroxylation is 1. The number of nitriles is 1. The number of nitrogens with zero attached hydrogens (tertiary/aromatic N) is 4. The van der Waals surface area contributed by atoms with E-state index in [9.17, 15) is 9.90 Å². The highest BCUT2D eigenvalue weighted by molar-refractivity contribution is 5.93. The first-order valence-corrected chi connectivity index (χ1v) is 9.57. The van der Waals surface area contributed by atoms with E-state index in [1.165, 1.54) is 6.20 Å². The largest absolute Gasteiger partial charge is 0.457 e. The third kappa shape index (κ3) is 3.68. The van der Waals surface area contributed by atoms with Crippen molar-refractivity contribution in [2.24, 2.45) is 0 Å². The second kappa shape index (κ2) is 8.06. The number of aliphatic hydroxyl groups excluding tert-OH is 1. The molecule has 3 aromatic rings. The SMILES string of the molecule is Cc1cc(-n2cc(CNC[C@H](O)c3ccc4c(c3C)COC4=O)cn2)ncc1C#N. The van der Waals surface area contributed by atoms with Gasteiger partial charge in [-0.15, -0.1) is 0 Å². The molecular weight excluding hydrogens is 382 g/mol. The average molecular weight is 403 g/mol. The number of hydrogen-bond donors (Lipinski definition) is 2. The Morgan fingerprint density at radius 3 is 2.97 bits per heavy atom. The van der Waals surface area contributed by atoms with Gasteiger partial charge in [0.05, 0.1) is 23.4 Å². The van der Waals surface area contributed by atoms with Crippen LogP contribution in [0.15, 0.2) is 36.8 Å². The molecule has 3 heterocycles. The molecule has 0 saturated carbocycles. The molecule has 152 valence electrons. The van der Waals surface area contributed by atoms with Crippen LogP contribution in [0.5, 0.6) is 0 Å². The third-order valence-electron chi connectivity index (χ3n) is 5.32. The number of rotatable bonds is 6. The zero-order chi connectivity index (χ0) is 21.3. The fraction of sp³-hybridized carbons (Fsp3) is 0.273. The van der Waals surface area contributed by atoms with Crippen LogP contribution in [0.3, 0.4) is 0 Å². The summed E-state index contributed by atoms with van der Waals surface area (Å²) in [6.07, 6.45) is 4.43. The van der Waals surface area contributed by atoms with Gasteiger partial charge < -0.3 is 15.2 Å². The number of fused-ring (bicyclic) bond motifs is 1. The number of ether oxygens (including phenoxy) is 1. The van der Waals surface area contributed by atoms with E-state index in [1.54, 1.807) is 23.0 Å². The second-order valence-corrected chi connectivity index (χ2v) is 7.29. The minimum atomic E-state index is -0.705. The molecule has 0 saturated heterocycles. The summed E-state index contributed by atoms with van der Waals surface area (Å²) < 4.78 is 6.73. The molecule has 1 aliphatic rings. The van der Waals surface area contributed by atoms with Crippen LogP contribution in [-0.2, 0) is 17.9 Å². The van der Waals surface area contributed by atoms with Crippen molar-refractivity contribution >= 4 is 5.97 Å². The maximum atomic E-state index is 11.7. The molecule has 2 N–H and O–H groups in total. The molecule has 4 rings (SSSR count). The lowest BCUT2D eigenvalue weighted by atomic mass is 9.95. The number of benzene rings is 1. The minimum absolute atomic E-state index is 0.260. The first-order chi connectivity index (χ1) is 14.5. The van der Waals surface area contributed by atoms with Crippen LogP contribution >= 0.6 is 0 Å². The van der Waals surface area contributed by atoms with Gasteiger partial charge in [-0.1, -0.05) is 6.07 Å². The molecule has 0 radical (unpaired) electrons. The number of cyclic esters (lactones) is 1. The zero-order valence-electron chi connectivity index (χ0n) is 16.7. The van der Waals surface area contributed by atoms with Crippen LogP contribution in [-0.4, -0.2) is 32.4 Å². The van der Waals surface area contributed by atoms with Gasteiger partial charge >= 0.3 is 5.97 Å². The summed E-state index contributed by atoms with van der Waals surface area (Å²) in [7, 11) is 0. The number of pyridine rings is 1. The molecule has 0 bridgehead atoms. The Balaban J connectivity index is 1.38. The minimum Gasteiger partial charge on any atom is -0.457 e. The highest BCUT2D eigenvalue weighted by Crippen LogP contribution is 2.28. The summed E-state index contributed by atoms with van der Waals surface area (Å²) in [5.74, 6) is 0.333. The molecule has 0 unspecified atom stereocenters. The van der Waals surface area contributed by atoms with Gasteiger partial charge in [-0.3, -0.25) is 0 Å². The number of nitrogens with one attached hydrogen (secondary N) is 1. The van der Waals surface area contributed by atoms with Crippen LogP contribution in [0.2, 0.25) is 0 Å². The van der Waals surface area contributed by atoms with Crippen molar-refractivity contribution < 1.29 is 14.6 Å². The molecule has 8 nitrogen and oxygen atoms in total. The molecule has 0 aliphatic carbocycles. The fourth-order valence-corrected chi connectivity index (χ4v) is 3.55. The maximum absolute atomic E-state index is 11.7. The van der Waals surface area contributed by atoms with Gasteiger partial charge in [0, 0.05) is 36.6 Å².